The molecule has 3 N–H and O–H groups in total. The van der Waals surface area contributed by atoms with Gasteiger partial charge in [0.05, 0.1) is 11.7 Å². The highest BCUT2D eigenvalue weighted by atomic mass is 16.5. The molecule has 0 spiro atoms. The first-order chi connectivity index (χ1) is 9.66. The number of nitrogens with two attached hydrogens (primary N) is 1. The Morgan fingerprint density at radius 2 is 1.80 bits per heavy atom. The Morgan fingerprint density at radius 1 is 1.15 bits per heavy atom. The molecule has 4 nitrogen and oxygen atoms in total. The van der Waals surface area contributed by atoms with E-state index in [4.69, 9.17) is 10.5 Å². The van der Waals surface area contributed by atoms with Crippen LogP contribution in [-0.2, 0) is 4.79 Å². The first kappa shape index (κ1) is 13.9. The summed E-state index contributed by atoms with van der Waals surface area (Å²) < 4.78 is 5.40. The number of nitrogens with one attached hydrogen (secondary N) is 1. The summed E-state index contributed by atoms with van der Waals surface area (Å²) in [5.74, 6) is 0.347. The Kier molecular flexibility index (Phi) is 4.60. The molecule has 2 rings (SSSR count). The van der Waals surface area contributed by atoms with Crippen LogP contribution in [-0.4, -0.2) is 12.5 Å². The van der Waals surface area contributed by atoms with Crippen molar-refractivity contribution >= 4 is 11.6 Å². The fourth-order valence-corrected chi connectivity index (χ4v) is 1.86. The molecule has 2 aromatic rings. The zero-order valence-electron chi connectivity index (χ0n) is 11.4. The zero-order valence-corrected chi connectivity index (χ0v) is 11.4. The highest BCUT2D eigenvalue weighted by molar-refractivity contribution is 5.78. The number of ether oxygens (including phenoxy) is 1. The number of rotatable bonds is 5. The second-order valence-corrected chi connectivity index (χ2v) is 4.53. The van der Waals surface area contributed by atoms with Gasteiger partial charge in [0.15, 0.2) is 6.61 Å². The van der Waals surface area contributed by atoms with E-state index in [0.29, 0.717) is 11.4 Å². The number of carbonyl (C=O) groups excluding carboxylic acids is 1. The largest absolute Gasteiger partial charge is 0.482 e. The van der Waals surface area contributed by atoms with Gasteiger partial charge in [-0.15, -0.1) is 0 Å². The van der Waals surface area contributed by atoms with Crippen LogP contribution in [0.4, 0.5) is 5.69 Å². The van der Waals surface area contributed by atoms with E-state index in [9.17, 15) is 4.79 Å². The van der Waals surface area contributed by atoms with Crippen molar-refractivity contribution in [3.8, 4) is 5.75 Å². The minimum Gasteiger partial charge on any atom is -0.482 e. The van der Waals surface area contributed by atoms with E-state index < -0.39 is 0 Å². The monoisotopic (exact) mass is 270 g/mol. The molecule has 0 saturated carbocycles. The molecule has 0 aliphatic rings. The molecule has 0 bridgehead atoms. The molecule has 0 heterocycles. The maximum absolute atomic E-state index is 11.8. The summed E-state index contributed by atoms with van der Waals surface area (Å²) in [4.78, 5) is 11.8. The van der Waals surface area contributed by atoms with Gasteiger partial charge in [0, 0.05) is 0 Å². The standard InChI is InChI=1S/C16H18N2O2/c1-12(13-7-3-2-4-8-13)18-16(19)11-20-15-10-6-5-9-14(15)17/h2-10,12H,11,17H2,1H3,(H,18,19). The lowest BCUT2D eigenvalue weighted by molar-refractivity contribution is -0.123. The predicted molar refractivity (Wildman–Crippen MR) is 79.3 cm³/mol. The quantitative estimate of drug-likeness (QED) is 0.821. The Labute approximate surface area is 118 Å². The molecule has 0 radical (unpaired) electrons. The van der Waals surface area contributed by atoms with Crippen LogP contribution in [0.5, 0.6) is 5.75 Å². The highest BCUT2D eigenvalue weighted by Crippen LogP contribution is 2.19. The fraction of sp³-hybridized carbons (Fsp3) is 0.188. The minimum absolute atomic E-state index is 0.0502. The van der Waals surface area contributed by atoms with E-state index >= 15 is 0 Å². The number of anilines is 1. The van der Waals surface area contributed by atoms with Crippen molar-refractivity contribution in [3.05, 3.63) is 60.2 Å². The van der Waals surface area contributed by atoms with Gasteiger partial charge in [0.25, 0.3) is 5.91 Å². The molecule has 1 unspecified atom stereocenters. The molecule has 0 fully saturated rings. The van der Waals surface area contributed by atoms with Crippen molar-refractivity contribution in [1.82, 2.24) is 5.32 Å². The van der Waals surface area contributed by atoms with Gasteiger partial charge in [-0.05, 0) is 24.6 Å². The third-order valence-corrected chi connectivity index (χ3v) is 2.95. The van der Waals surface area contributed by atoms with E-state index in [1.54, 1.807) is 12.1 Å². The number of nitrogen functional groups attached to an aromatic ring is 1. The summed E-state index contributed by atoms with van der Waals surface area (Å²) in [6.45, 7) is 1.88. The van der Waals surface area contributed by atoms with E-state index in [-0.39, 0.29) is 18.6 Å². The van der Waals surface area contributed by atoms with Crippen molar-refractivity contribution in [2.45, 2.75) is 13.0 Å². The number of hydrogen-bond donors (Lipinski definition) is 2. The lowest BCUT2D eigenvalue weighted by Crippen LogP contribution is -2.31. The van der Waals surface area contributed by atoms with E-state index in [0.717, 1.165) is 5.56 Å². The molecule has 20 heavy (non-hydrogen) atoms. The van der Waals surface area contributed by atoms with Gasteiger partial charge in [-0.25, -0.2) is 0 Å². The van der Waals surface area contributed by atoms with Gasteiger partial charge in [-0.3, -0.25) is 4.79 Å². The molecule has 0 aliphatic carbocycles. The SMILES string of the molecule is CC(NC(=O)COc1ccccc1N)c1ccccc1. The first-order valence-electron chi connectivity index (χ1n) is 6.48. The maximum atomic E-state index is 11.8. The zero-order chi connectivity index (χ0) is 14.4. The van der Waals surface area contributed by atoms with Gasteiger partial charge >= 0.3 is 0 Å². The molecule has 4 heteroatoms. The Morgan fingerprint density at radius 3 is 2.50 bits per heavy atom. The second-order valence-electron chi connectivity index (χ2n) is 4.53. The Bertz CT molecular complexity index is 570. The molecular formula is C16H18N2O2. The van der Waals surface area contributed by atoms with Gasteiger partial charge in [0.2, 0.25) is 0 Å². The number of hydrogen-bond acceptors (Lipinski definition) is 3. The molecule has 104 valence electrons. The molecule has 0 saturated heterocycles. The predicted octanol–water partition coefficient (Wildman–Crippen LogP) is 2.53. The normalized spacial score (nSPS) is 11.7. The molecule has 1 amide bonds. The average molecular weight is 270 g/mol. The van der Waals surface area contributed by atoms with Crippen LogP contribution < -0.4 is 15.8 Å². The molecule has 2 aromatic carbocycles. The number of amides is 1. The van der Waals surface area contributed by atoms with Crippen molar-refractivity contribution < 1.29 is 9.53 Å². The molecule has 0 aliphatic heterocycles. The van der Waals surface area contributed by atoms with Crippen molar-refractivity contribution in [3.63, 3.8) is 0 Å². The van der Waals surface area contributed by atoms with Crippen LogP contribution in [0.2, 0.25) is 0 Å². The topological polar surface area (TPSA) is 64.3 Å². The summed E-state index contributed by atoms with van der Waals surface area (Å²) in [6, 6.07) is 16.8. The van der Waals surface area contributed by atoms with Gasteiger partial charge < -0.3 is 15.8 Å². The summed E-state index contributed by atoms with van der Waals surface area (Å²) >= 11 is 0. The minimum atomic E-state index is -0.176. The van der Waals surface area contributed by atoms with E-state index in [2.05, 4.69) is 5.32 Å². The average Bonchev–Trinajstić information content (AvgIpc) is 2.47. The second kappa shape index (κ2) is 6.61. The lowest BCUT2D eigenvalue weighted by Gasteiger charge is -2.15. The summed E-state index contributed by atoms with van der Waals surface area (Å²) in [7, 11) is 0. The van der Waals surface area contributed by atoms with E-state index in [1.165, 1.54) is 0 Å². The lowest BCUT2D eigenvalue weighted by atomic mass is 10.1. The third kappa shape index (κ3) is 3.75. The number of para-hydroxylation sites is 2. The smallest absolute Gasteiger partial charge is 0.258 e. The van der Waals surface area contributed by atoms with Crippen molar-refractivity contribution in [2.75, 3.05) is 12.3 Å². The van der Waals surface area contributed by atoms with Crippen molar-refractivity contribution in [2.24, 2.45) is 0 Å². The van der Waals surface area contributed by atoms with Crippen LogP contribution in [0.15, 0.2) is 54.6 Å². The summed E-state index contributed by atoms with van der Waals surface area (Å²) in [6.07, 6.45) is 0. The van der Waals surface area contributed by atoms with Crippen LogP contribution in [0, 0.1) is 0 Å². The maximum Gasteiger partial charge on any atom is 0.258 e. The van der Waals surface area contributed by atoms with E-state index in [1.807, 2.05) is 49.4 Å². The fourth-order valence-electron chi connectivity index (χ4n) is 1.86. The third-order valence-electron chi connectivity index (χ3n) is 2.95. The first-order valence-corrected chi connectivity index (χ1v) is 6.48. The van der Waals surface area contributed by atoms with Crippen LogP contribution >= 0.6 is 0 Å². The summed E-state index contributed by atoms with van der Waals surface area (Å²) in [5, 5.41) is 2.88. The van der Waals surface area contributed by atoms with Crippen molar-refractivity contribution in [1.29, 1.82) is 0 Å². The number of carbonyl (C=O) groups is 1. The molecular weight excluding hydrogens is 252 g/mol. The molecule has 0 aromatic heterocycles. The van der Waals surface area contributed by atoms with Gasteiger partial charge in [-0.2, -0.15) is 0 Å². The van der Waals surface area contributed by atoms with Gasteiger partial charge in [-0.1, -0.05) is 42.5 Å². The van der Waals surface area contributed by atoms with Crippen LogP contribution in [0.1, 0.15) is 18.5 Å². The number of benzene rings is 2. The summed E-state index contributed by atoms with van der Waals surface area (Å²) in [5.41, 5.74) is 7.32. The Balaban J connectivity index is 1.86. The van der Waals surface area contributed by atoms with Crippen LogP contribution in [0.3, 0.4) is 0 Å². The Hall–Kier alpha value is -2.49. The highest BCUT2D eigenvalue weighted by Gasteiger charge is 2.10. The molecule has 1 atom stereocenters. The van der Waals surface area contributed by atoms with Gasteiger partial charge in [0.1, 0.15) is 5.75 Å². The van der Waals surface area contributed by atoms with Crippen LogP contribution in [0.25, 0.3) is 0 Å².